The summed E-state index contributed by atoms with van der Waals surface area (Å²) in [7, 11) is -1.86. The molecule has 4 rings (SSSR count). The molecule has 4 aliphatic rings. The van der Waals surface area contributed by atoms with E-state index >= 15 is 0 Å². The Bertz CT molecular complexity index is 755. The molecule has 182 valence electrons. The topological polar surface area (TPSA) is 52.6 Å². The minimum absolute atomic E-state index is 0.0666. The van der Waals surface area contributed by atoms with Gasteiger partial charge in [-0.25, -0.2) is 0 Å². The second-order valence-electron chi connectivity index (χ2n) is 13.4. The van der Waals surface area contributed by atoms with Crippen LogP contribution in [-0.2, 0) is 18.8 Å². The fourth-order valence-electron chi connectivity index (χ4n) is 7.94. The molecule has 0 heterocycles. The van der Waals surface area contributed by atoms with Gasteiger partial charge in [-0.2, -0.15) is 0 Å². The van der Waals surface area contributed by atoms with Crippen LogP contribution in [0.15, 0.2) is 0 Å². The van der Waals surface area contributed by atoms with E-state index in [2.05, 4.69) is 40.8 Å². The molecule has 7 atom stereocenters. The molecule has 0 N–H and O–H groups in total. The van der Waals surface area contributed by atoms with Crippen LogP contribution in [0.5, 0.6) is 0 Å². The Morgan fingerprint density at radius 3 is 2.44 bits per heavy atom. The predicted molar refractivity (Wildman–Crippen MR) is 130 cm³/mol. The number of ketones is 1. The Morgan fingerprint density at radius 2 is 1.78 bits per heavy atom. The number of fused-ring (bicyclic) bond motifs is 5. The van der Waals surface area contributed by atoms with E-state index in [1.165, 1.54) is 19.3 Å². The van der Waals surface area contributed by atoms with Crippen LogP contribution in [0.1, 0.15) is 92.4 Å². The van der Waals surface area contributed by atoms with Gasteiger partial charge in [-0.15, -0.1) is 0 Å². The summed E-state index contributed by atoms with van der Waals surface area (Å²) in [6.45, 7) is 16.4. The first-order valence-corrected chi connectivity index (χ1v) is 16.1. The van der Waals surface area contributed by atoms with E-state index in [-0.39, 0.29) is 27.9 Å². The molecule has 4 aliphatic carbocycles. The second-order valence-corrected chi connectivity index (χ2v) is 18.2. The van der Waals surface area contributed by atoms with Crippen LogP contribution in [0.4, 0.5) is 0 Å². The third kappa shape index (κ3) is 3.93. The third-order valence-corrected chi connectivity index (χ3v) is 15.3. The lowest BCUT2D eigenvalue weighted by Gasteiger charge is -2.61. The SMILES string of the molecule is CC(=O)O[C@H]1CC[C@@]2(CO[Si](C)(C)C(C)(C)C)C(CCC3C2CC[C@]2(C)C(=O)CCC32)C1. The van der Waals surface area contributed by atoms with Crippen molar-refractivity contribution >= 4 is 20.1 Å². The van der Waals surface area contributed by atoms with Crippen molar-refractivity contribution in [1.29, 1.82) is 0 Å². The van der Waals surface area contributed by atoms with Crippen LogP contribution < -0.4 is 0 Å². The van der Waals surface area contributed by atoms with Gasteiger partial charge < -0.3 is 9.16 Å². The predicted octanol–water partition coefficient (Wildman–Crippen LogP) is 6.53. The van der Waals surface area contributed by atoms with Crippen molar-refractivity contribution in [2.45, 2.75) is 117 Å². The number of carbonyl (C=O) groups excluding carboxylic acids is 2. The summed E-state index contributed by atoms with van der Waals surface area (Å²) in [4.78, 5) is 24.5. The second kappa shape index (κ2) is 8.22. The van der Waals surface area contributed by atoms with Crippen LogP contribution in [0.25, 0.3) is 0 Å². The molecule has 0 aromatic heterocycles. The first-order chi connectivity index (χ1) is 14.8. The summed E-state index contributed by atoms with van der Waals surface area (Å²) in [5.74, 6) is 2.80. The van der Waals surface area contributed by atoms with Crippen molar-refractivity contribution in [2.75, 3.05) is 6.61 Å². The molecule has 32 heavy (non-hydrogen) atoms. The van der Waals surface area contributed by atoms with E-state index in [4.69, 9.17) is 9.16 Å². The lowest BCUT2D eigenvalue weighted by Crippen LogP contribution is -2.58. The van der Waals surface area contributed by atoms with Gasteiger partial charge in [0.25, 0.3) is 0 Å². The molecule has 0 aromatic carbocycles. The first-order valence-electron chi connectivity index (χ1n) is 13.1. The molecule has 4 saturated carbocycles. The van der Waals surface area contributed by atoms with Crippen molar-refractivity contribution in [2.24, 2.45) is 34.5 Å². The molecule has 4 fully saturated rings. The maximum Gasteiger partial charge on any atom is 0.302 e. The molecule has 5 heteroatoms. The average molecular weight is 463 g/mol. The van der Waals surface area contributed by atoms with E-state index < -0.39 is 8.32 Å². The highest BCUT2D eigenvalue weighted by Gasteiger charge is 2.62. The monoisotopic (exact) mass is 462 g/mol. The largest absolute Gasteiger partial charge is 0.463 e. The van der Waals surface area contributed by atoms with E-state index in [1.54, 1.807) is 6.92 Å². The van der Waals surface area contributed by atoms with Gasteiger partial charge in [0.2, 0.25) is 0 Å². The van der Waals surface area contributed by atoms with Gasteiger partial charge >= 0.3 is 5.97 Å². The Morgan fingerprint density at radius 1 is 1.06 bits per heavy atom. The number of esters is 1. The van der Waals surface area contributed by atoms with Crippen LogP contribution in [0, 0.1) is 34.5 Å². The summed E-state index contributed by atoms with van der Waals surface area (Å²) in [5, 5.41) is 0.200. The van der Waals surface area contributed by atoms with E-state index in [1.807, 2.05) is 0 Å². The molecule has 4 nitrogen and oxygen atoms in total. The fourth-order valence-corrected chi connectivity index (χ4v) is 9.00. The maximum atomic E-state index is 12.8. The fraction of sp³-hybridized carbons (Fsp3) is 0.926. The smallest absolute Gasteiger partial charge is 0.302 e. The zero-order chi connectivity index (χ0) is 23.5. The number of hydrogen-bond acceptors (Lipinski definition) is 4. The van der Waals surface area contributed by atoms with Crippen molar-refractivity contribution in [3.8, 4) is 0 Å². The molecule has 0 bridgehead atoms. The van der Waals surface area contributed by atoms with Gasteiger partial charge in [0.15, 0.2) is 8.32 Å². The summed E-state index contributed by atoms with van der Waals surface area (Å²) >= 11 is 0. The van der Waals surface area contributed by atoms with Crippen molar-refractivity contribution < 1.29 is 18.8 Å². The van der Waals surface area contributed by atoms with Gasteiger partial charge in [-0.1, -0.05) is 27.7 Å². The molecular weight excluding hydrogens is 416 g/mol. The molecule has 4 unspecified atom stereocenters. The van der Waals surface area contributed by atoms with Crippen molar-refractivity contribution in [3.63, 3.8) is 0 Å². The summed E-state index contributed by atoms with van der Waals surface area (Å²) < 4.78 is 12.7. The molecule has 0 aliphatic heterocycles. The standard InChI is InChI=1S/C27H46O4Si/c1-18(28)31-20-12-15-27(17-30-32(6,7)25(2,3)4)19(16-20)8-9-21-22-10-11-24(29)26(22,5)14-13-23(21)27/h19-23H,8-17H2,1-7H3/t19?,20-,21?,22?,23?,26-,27+/m0/s1. The molecule has 0 amide bonds. The highest BCUT2D eigenvalue weighted by atomic mass is 28.4. The summed E-state index contributed by atoms with van der Waals surface area (Å²) in [5.41, 5.74) is 0.104. The van der Waals surface area contributed by atoms with Crippen molar-refractivity contribution in [3.05, 3.63) is 0 Å². The summed E-state index contributed by atoms with van der Waals surface area (Å²) in [6, 6.07) is 0. The number of Topliss-reactive ketones (excluding diaryl/α,β-unsaturated/α-hetero) is 1. The van der Waals surface area contributed by atoms with E-state index in [0.29, 0.717) is 29.5 Å². The lowest BCUT2D eigenvalue weighted by molar-refractivity contribution is -0.168. The zero-order valence-electron chi connectivity index (χ0n) is 21.6. The van der Waals surface area contributed by atoms with Crippen LogP contribution >= 0.6 is 0 Å². The lowest BCUT2D eigenvalue weighted by atomic mass is 9.45. The van der Waals surface area contributed by atoms with Gasteiger partial charge in [0, 0.05) is 25.4 Å². The Balaban J connectivity index is 1.63. The van der Waals surface area contributed by atoms with Crippen LogP contribution in [-0.4, -0.2) is 32.8 Å². The molecule has 0 spiro atoms. The zero-order valence-corrected chi connectivity index (χ0v) is 22.6. The highest BCUT2D eigenvalue weighted by Crippen LogP contribution is 2.66. The molecule has 0 saturated heterocycles. The highest BCUT2D eigenvalue weighted by molar-refractivity contribution is 6.74. The molecule has 0 radical (unpaired) electrons. The Labute approximate surface area is 196 Å². The van der Waals surface area contributed by atoms with Crippen molar-refractivity contribution in [1.82, 2.24) is 0 Å². The maximum absolute atomic E-state index is 12.8. The minimum atomic E-state index is -1.86. The number of rotatable bonds is 4. The quantitative estimate of drug-likeness (QED) is 0.352. The number of hydrogen-bond donors (Lipinski definition) is 0. The van der Waals surface area contributed by atoms with E-state index in [9.17, 15) is 9.59 Å². The number of carbonyl (C=O) groups is 2. The third-order valence-electron chi connectivity index (χ3n) is 10.9. The number of ether oxygens (including phenoxy) is 1. The Kier molecular flexibility index (Phi) is 6.28. The Hall–Kier alpha value is -0.683. The molecular formula is C27H46O4Si. The molecule has 0 aromatic rings. The van der Waals surface area contributed by atoms with E-state index in [0.717, 1.165) is 45.1 Å². The van der Waals surface area contributed by atoms with Gasteiger partial charge in [0.05, 0.1) is 0 Å². The van der Waals surface area contributed by atoms with Crippen LogP contribution in [0.3, 0.4) is 0 Å². The van der Waals surface area contributed by atoms with Crippen LogP contribution in [0.2, 0.25) is 18.1 Å². The minimum Gasteiger partial charge on any atom is -0.463 e. The average Bonchev–Trinajstić information content (AvgIpc) is 3.00. The van der Waals surface area contributed by atoms with Gasteiger partial charge in [-0.3, -0.25) is 9.59 Å². The van der Waals surface area contributed by atoms with Gasteiger partial charge in [-0.05, 0) is 98.6 Å². The normalized spacial score (nSPS) is 42.1. The first kappa shape index (κ1) is 24.4. The van der Waals surface area contributed by atoms with Gasteiger partial charge in [0.1, 0.15) is 11.9 Å². The summed E-state index contributed by atoms with van der Waals surface area (Å²) in [6.07, 6.45) is 9.65.